The molecule has 0 aliphatic rings. The lowest BCUT2D eigenvalue weighted by atomic mass is 9.96. The van der Waals surface area contributed by atoms with Crippen LogP contribution in [0.15, 0.2) is 0 Å². The number of hydrogen-bond donors (Lipinski definition) is 0. The zero-order valence-electron chi connectivity index (χ0n) is 11.9. The summed E-state index contributed by atoms with van der Waals surface area (Å²) >= 11 is 6.06. The minimum atomic E-state index is -0.0385. The molecule has 0 aliphatic carbocycles. The molecule has 1 rings (SSSR count). The van der Waals surface area contributed by atoms with E-state index in [4.69, 9.17) is 16.3 Å². The van der Waals surface area contributed by atoms with Crippen molar-refractivity contribution in [1.29, 1.82) is 0 Å². The Morgan fingerprint density at radius 2 is 1.83 bits per heavy atom. The third-order valence-electron chi connectivity index (χ3n) is 2.69. The van der Waals surface area contributed by atoms with Crippen LogP contribution in [0.3, 0.4) is 0 Å². The minimum Gasteiger partial charge on any atom is -0.381 e. The number of nitrogens with zero attached hydrogens (tertiary/aromatic N) is 3. The normalized spacial score (nSPS) is 12.1. The van der Waals surface area contributed by atoms with E-state index in [1.54, 1.807) is 0 Å². The van der Waals surface area contributed by atoms with E-state index < -0.39 is 0 Å². The molecule has 4 nitrogen and oxygen atoms in total. The standard InChI is InChI=1S/C13H24ClN3O/c1-5-6-9-18-10-7-8-17-11(13(2,3)4)15-16-12(17)14/h5-10H2,1-4H3. The molecule has 0 aromatic carbocycles. The maximum absolute atomic E-state index is 6.06. The van der Waals surface area contributed by atoms with E-state index in [1.165, 1.54) is 6.42 Å². The first-order valence-electron chi connectivity index (χ1n) is 6.63. The van der Waals surface area contributed by atoms with Gasteiger partial charge in [0.1, 0.15) is 5.82 Å². The lowest BCUT2D eigenvalue weighted by molar-refractivity contribution is 0.125. The molecule has 0 saturated carbocycles. The second kappa shape index (κ2) is 7.10. The number of unbranched alkanes of at least 4 members (excludes halogenated alkanes) is 1. The van der Waals surface area contributed by atoms with Gasteiger partial charge in [-0.05, 0) is 24.4 Å². The highest BCUT2D eigenvalue weighted by molar-refractivity contribution is 6.28. The molecule has 0 unspecified atom stereocenters. The van der Waals surface area contributed by atoms with Crippen LogP contribution in [-0.2, 0) is 16.7 Å². The highest BCUT2D eigenvalue weighted by Gasteiger charge is 2.22. The van der Waals surface area contributed by atoms with Crippen molar-refractivity contribution in [3.8, 4) is 0 Å². The fraction of sp³-hybridized carbons (Fsp3) is 0.846. The van der Waals surface area contributed by atoms with Gasteiger partial charge in [0.05, 0.1) is 0 Å². The van der Waals surface area contributed by atoms with Crippen LogP contribution in [0, 0.1) is 0 Å². The Bertz CT molecular complexity index is 358. The Labute approximate surface area is 115 Å². The van der Waals surface area contributed by atoms with Crippen LogP contribution in [0.1, 0.15) is 52.8 Å². The van der Waals surface area contributed by atoms with Crippen LogP contribution in [-0.4, -0.2) is 28.0 Å². The maximum Gasteiger partial charge on any atom is 0.225 e. The zero-order valence-corrected chi connectivity index (χ0v) is 12.6. The quantitative estimate of drug-likeness (QED) is 0.715. The molecule has 1 aromatic rings. The van der Waals surface area contributed by atoms with Gasteiger partial charge in [0.2, 0.25) is 5.28 Å². The smallest absolute Gasteiger partial charge is 0.225 e. The van der Waals surface area contributed by atoms with Gasteiger partial charge in [-0.1, -0.05) is 34.1 Å². The molecule has 1 aromatic heterocycles. The molecule has 0 bridgehead atoms. The monoisotopic (exact) mass is 273 g/mol. The second-order valence-electron chi connectivity index (χ2n) is 5.51. The van der Waals surface area contributed by atoms with Crippen LogP contribution >= 0.6 is 11.6 Å². The topological polar surface area (TPSA) is 39.9 Å². The zero-order chi connectivity index (χ0) is 13.6. The molecule has 5 heteroatoms. The highest BCUT2D eigenvalue weighted by atomic mass is 35.5. The van der Waals surface area contributed by atoms with E-state index in [9.17, 15) is 0 Å². The largest absolute Gasteiger partial charge is 0.381 e. The van der Waals surface area contributed by atoms with E-state index in [1.807, 2.05) is 4.57 Å². The van der Waals surface area contributed by atoms with Crippen molar-refractivity contribution in [2.24, 2.45) is 0 Å². The van der Waals surface area contributed by atoms with Crippen LogP contribution in [0.25, 0.3) is 0 Å². The maximum atomic E-state index is 6.06. The molecule has 0 N–H and O–H groups in total. The fourth-order valence-corrected chi connectivity index (χ4v) is 1.91. The molecule has 0 radical (unpaired) electrons. The molecule has 0 amide bonds. The third kappa shape index (κ3) is 4.58. The molecule has 0 saturated heterocycles. The molecule has 0 aliphatic heterocycles. The molecule has 1 heterocycles. The third-order valence-corrected chi connectivity index (χ3v) is 2.97. The van der Waals surface area contributed by atoms with Gasteiger partial charge in [-0.2, -0.15) is 0 Å². The average molecular weight is 274 g/mol. The first kappa shape index (κ1) is 15.4. The van der Waals surface area contributed by atoms with Crippen LogP contribution in [0.2, 0.25) is 5.28 Å². The van der Waals surface area contributed by atoms with Crippen molar-refractivity contribution in [3.63, 3.8) is 0 Å². The Morgan fingerprint density at radius 3 is 2.44 bits per heavy atom. The summed E-state index contributed by atoms with van der Waals surface area (Å²) in [6, 6.07) is 0. The molecule has 18 heavy (non-hydrogen) atoms. The van der Waals surface area contributed by atoms with Gasteiger partial charge in [-0.15, -0.1) is 10.2 Å². The Balaban J connectivity index is 2.44. The van der Waals surface area contributed by atoms with E-state index in [-0.39, 0.29) is 5.41 Å². The first-order valence-corrected chi connectivity index (χ1v) is 7.01. The lowest BCUT2D eigenvalue weighted by Gasteiger charge is -2.18. The summed E-state index contributed by atoms with van der Waals surface area (Å²) in [7, 11) is 0. The van der Waals surface area contributed by atoms with Gasteiger partial charge in [0, 0.05) is 25.2 Å². The van der Waals surface area contributed by atoms with Gasteiger partial charge in [0.25, 0.3) is 0 Å². The number of hydrogen-bond acceptors (Lipinski definition) is 3. The molecule has 0 spiro atoms. The van der Waals surface area contributed by atoms with Gasteiger partial charge < -0.3 is 9.30 Å². The van der Waals surface area contributed by atoms with Crippen LogP contribution in [0.4, 0.5) is 0 Å². The first-order chi connectivity index (χ1) is 8.46. The van der Waals surface area contributed by atoms with E-state index >= 15 is 0 Å². The predicted octanol–water partition coefficient (Wildman–Crippen LogP) is 3.44. The number of halogens is 1. The Kier molecular flexibility index (Phi) is 6.09. The van der Waals surface area contributed by atoms with Crippen molar-refractivity contribution in [1.82, 2.24) is 14.8 Å². The average Bonchev–Trinajstić information content (AvgIpc) is 2.65. The van der Waals surface area contributed by atoms with Gasteiger partial charge >= 0.3 is 0 Å². The SMILES string of the molecule is CCCCOCCCn1c(Cl)nnc1C(C)(C)C. The summed E-state index contributed by atoms with van der Waals surface area (Å²) < 4.78 is 7.52. The van der Waals surface area contributed by atoms with Gasteiger partial charge in [-0.3, -0.25) is 0 Å². The van der Waals surface area contributed by atoms with Crippen molar-refractivity contribution >= 4 is 11.6 Å². The van der Waals surface area contributed by atoms with Crippen molar-refractivity contribution in [3.05, 3.63) is 11.1 Å². The summed E-state index contributed by atoms with van der Waals surface area (Å²) in [6.07, 6.45) is 3.23. The summed E-state index contributed by atoms with van der Waals surface area (Å²) in [5.74, 6) is 0.932. The molecule has 104 valence electrons. The summed E-state index contributed by atoms with van der Waals surface area (Å²) in [5.41, 5.74) is -0.0385. The highest BCUT2D eigenvalue weighted by Crippen LogP contribution is 2.22. The van der Waals surface area contributed by atoms with Crippen molar-refractivity contribution < 1.29 is 4.74 Å². The molecular weight excluding hydrogens is 250 g/mol. The lowest BCUT2D eigenvalue weighted by Crippen LogP contribution is -2.19. The van der Waals surface area contributed by atoms with Crippen molar-refractivity contribution in [2.75, 3.05) is 13.2 Å². The van der Waals surface area contributed by atoms with Crippen LogP contribution in [0.5, 0.6) is 0 Å². The van der Waals surface area contributed by atoms with Crippen LogP contribution < -0.4 is 0 Å². The second-order valence-corrected chi connectivity index (χ2v) is 5.85. The fourth-order valence-electron chi connectivity index (χ4n) is 1.71. The van der Waals surface area contributed by atoms with Crippen molar-refractivity contribution in [2.45, 2.75) is 58.9 Å². The number of aromatic nitrogens is 3. The van der Waals surface area contributed by atoms with Gasteiger partial charge in [-0.25, -0.2) is 0 Å². The van der Waals surface area contributed by atoms with E-state index in [0.29, 0.717) is 5.28 Å². The Morgan fingerprint density at radius 1 is 1.17 bits per heavy atom. The summed E-state index contributed by atoms with van der Waals surface area (Å²) in [4.78, 5) is 0. The predicted molar refractivity (Wildman–Crippen MR) is 74.1 cm³/mol. The van der Waals surface area contributed by atoms with E-state index in [0.717, 1.165) is 38.4 Å². The molecule has 0 atom stereocenters. The Hall–Kier alpha value is -0.610. The molecular formula is C13H24ClN3O. The van der Waals surface area contributed by atoms with E-state index in [2.05, 4.69) is 37.9 Å². The number of rotatable bonds is 7. The van der Waals surface area contributed by atoms with Gasteiger partial charge in [0.15, 0.2) is 0 Å². The number of ether oxygens (including phenoxy) is 1. The summed E-state index contributed by atoms with van der Waals surface area (Å²) in [5, 5.41) is 8.57. The molecule has 0 fully saturated rings. The summed E-state index contributed by atoms with van der Waals surface area (Å²) in [6.45, 7) is 10.9. The minimum absolute atomic E-state index is 0.0385.